The topological polar surface area (TPSA) is 70.8 Å². The van der Waals surface area contributed by atoms with E-state index in [0.717, 1.165) is 61.6 Å². The van der Waals surface area contributed by atoms with Crippen LogP contribution in [0.1, 0.15) is 31.1 Å². The van der Waals surface area contributed by atoms with Gasteiger partial charge >= 0.3 is 0 Å². The third-order valence-corrected chi connectivity index (χ3v) is 5.45. The molecule has 0 spiro atoms. The van der Waals surface area contributed by atoms with Gasteiger partial charge in [-0.2, -0.15) is 0 Å². The highest BCUT2D eigenvalue weighted by atomic mass is 127. The molecular weight excluding hydrogens is 505 g/mol. The van der Waals surface area contributed by atoms with Crippen LogP contribution in [0.2, 0.25) is 0 Å². The molecule has 8 nitrogen and oxygen atoms in total. The second-order valence-electron chi connectivity index (χ2n) is 8.25. The molecule has 1 saturated heterocycles. The molecule has 3 rings (SSSR count). The van der Waals surface area contributed by atoms with Gasteiger partial charge in [-0.3, -0.25) is 4.90 Å². The summed E-state index contributed by atoms with van der Waals surface area (Å²) >= 11 is 0. The molecule has 1 N–H and O–H groups in total. The Morgan fingerprint density at radius 1 is 1.13 bits per heavy atom. The minimum Gasteiger partial charge on any atom is -0.497 e. The number of rotatable bonds is 7. The van der Waals surface area contributed by atoms with Gasteiger partial charge in [0.2, 0.25) is 0 Å². The minimum absolute atomic E-state index is 0. The van der Waals surface area contributed by atoms with E-state index < -0.39 is 0 Å². The smallest absolute Gasteiger partial charge is 0.194 e. The number of hydrogen-bond acceptors (Lipinski definition) is 5. The van der Waals surface area contributed by atoms with Gasteiger partial charge in [-0.1, -0.05) is 26.0 Å². The molecule has 1 aliphatic heterocycles. The van der Waals surface area contributed by atoms with Gasteiger partial charge in [-0.15, -0.1) is 34.2 Å². The van der Waals surface area contributed by atoms with Crippen molar-refractivity contribution in [3.63, 3.8) is 0 Å². The van der Waals surface area contributed by atoms with Crippen molar-refractivity contribution in [2.45, 2.75) is 33.9 Å². The van der Waals surface area contributed by atoms with E-state index in [9.17, 15) is 0 Å². The molecule has 9 heteroatoms. The van der Waals surface area contributed by atoms with E-state index in [0.29, 0.717) is 19.0 Å². The first-order chi connectivity index (χ1) is 14.5. The van der Waals surface area contributed by atoms with Gasteiger partial charge in [0.05, 0.1) is 20.2 Å². The maximum atomic E-state index is 5.25. The molecule has 0 atom stereocenters. The van der Waals surface area contributed by atoms with Gasteiger partial charge in [0, 0.05) is 39.8 Å². The van der Waals surface area contributed by atoms with Gasteiger partial charge in [-0.25, -0.2) is 4.99 Å². The lowest BCUT2D eigenvalue weighted by Gasteiger charge is -2.37. The second-order valence-corrected chi connectivity index (χ2v) is 8.25. The fourth-order valence-electron chi connectivity index (χ4n) is 3.59. The molecule has 31 heavy (non-hydrogen) atoms. The largest absolute Gasteiger partial charge is 0.497 e. The van der Waals surface area contributed by atoms with E-state index in [1.54, 1.807) is 7.11 Å². The van der Waals surface area contributed by atoms with Crippen LogP contribution in [-0.4, -0.2) is 70.4 Å². The number of nitrogens with one attached hydrogen (secondary N) is 1. The minimum atomic E-state index is 0. The van der Waals surface area contributed by atoms with Gasteiger partial charge in [0.25, 0.3) is 0 Å². The van der Waals surface area contributed by atoms with E-state index in [1.165, 1.54) is 0 Å². The van der Waals surface area contributed by atoms with Crippen LogP contribution in [0, 0.1) is 12.8 Å². The molecular formula is C22H36IN7O. The van der Waals surface area contributed by atoms with E-state index in [1.807, 2.05) is 30.7 Å². The molecule has 1 aromatic heterocycles. The summed E-state index contributed by atoms with van der Waals surface area (Å²) in [4.78, 5) is 9.81. The van der Waals surface area contributed by atoms with Crippen LogP contribution in [-0.2, 0) is 20.1 Å². The highest BCUT2D eigenvalue weighted by Gasteiger charge is 2.20. The van der Waals surface area contributed by atoms with Crippen molar-refractivity contribution in [1.29, 1.82) is 0 Å². The zero-order valence-corrected chi connectivity index (χ0v) is 21.7. The second kappa shape index (κ2) is 12.2. The van der Waals surface area contributed by atoms with Gasteiger partial charge in [0.1, 0.15) is 11.6 Å². The average Bonchev–Trinajstić information content (AvgIpc) is 3.07. The summed E-state index contributed by atoms with van der Waals surface area (Å²) in [6.07, 6.45) is 0. The first kappa shape index (κ1) is 25.4. The molecule has 2 aromatic rings. The van der Waals surface area contributed by atoms with Crippen LogP contribution in [0.25, 0.3) is 0 Å². The number of ether oxygens (including phenoxy) is 1. The van der Waals surface area contributed by atoms with Crippen molar-refractivity contribution < 1.29 is 4.74 Å². The van der Waals surface area contributed by atoms with Crippen molar-refractivity contribution in [1.82, 2.24) is 29.9 Å². The number of piperazine rings is 1. The number of aryl methyl sites for hydroxylation is 1. The number of halogens is 1. The zero-order valence-electron chi connectivity index (χ0n) is 19.3. The lowest BCUT2D eigenvalue weighted by molar-refractivity contribution is 0.163. The molecule has 0 bridgehead atoms. The summed E-state index contributed by atoms with van der Waals surface area (Å²) < 4.78 is 7.26. The molecule has 0 aliphatic carbocycles. The van der Waals surface area contributed by atoms with Crippen LogP contribution < -0.4 is 10.1 Å². The maximum absolute atomic E-state index is 5.25. The first-order valence-corrected chi connectivity index (χ1v) is 10.7. The van der Waals surface area contributed by atoms with E-state index >= 15 is 0 Å². The Balaban J connectivity index is 0.00000341. The highest BCUT2D eigenvalue weighted by Crippen LogP contribution is 2.13. The predicted molar refractivity (Wildman–Crippen MR) is 135 cm³/mol. The number of aliphatic imine (C=N–C) groups is 1. The van der Waals surface area contributed by atoms with Crippen molar-refractivity contribution in [3.8, 4) is 5.75 Å². The van der Waals surface area contributed by atoms with Crippen LogP contribution in [0.3, 0.4) is 0 Å². The van der Waals surface area contributed by atoms with Crippen LogP contribution in [0.4, 0.5) is 0 Å². The lowest BCUT2D eigenvalue weighted by atomic mass is 10.2. The van der Waals surface area contributed by atoms with Crippen LogP contribution >= 0.6 is 24.0 Å². The van der Waals surface area contributed by atoms with Gasteiger partial charge < -0.3 is 19.5 Å². The third kappa shape index (κ3) is 7.34. The third-order valence-electron chi connectivity index (χ3n) is 5.45. The fourth-order valence-corrected chi connectivity index (χ4v) is 3.59. The average molecular weight is 541 g/mol. The van der Waals surface area contributed by atoms with Crippen molar-refractivity contribution in [3.05, 3.63) is 41.5 Å². The Kier molecular flexibility index (Phi) is 10.0. The molecule has 0 amide bonds. The van der Waals surface area contributed by atoms with Crippen molar-refractivity contribution in [2.24, 2.45) is 18.0 Å². The Bertz CT molecular complexity index is 827. The van der Waals surface area contributed by atoms with Crippen molar-refractivity contribution in [2.75, 3.05) is 39.8 Å². The van der Waals surface area contributed by atoms with Crippen LogP contribution in [0.5, 0.6) is 5.75 Å². The number of benzene rings is 1. The van der Waals surface area contributed by atoms with Crippen LogP contribution in [0.15, 0.2) is 29.3 Å². The van der Waals surface area contributed by atoms with Gasteiger partial charge in [0.15, 0.2) is 11.8 Å². The van der Waals surface area contributed by atoms with E-state index in [-0.39, 0.29) is 24.0 Å². The Morgan fingerprint density at radius 2 is 1.81 bits per heavy atom. The predicted octanol–water partition coefficient (Wildman–Crippen LogP) is 2.67. The number of aromatic nitrogens is 3. The summed E-state index contributed by atoms with van der Waals surface area (Å²) in [5.41, 5.74) is 1.16. The Hall–Kier alpha value is -1.88. The Labute approximate surface area is 203 Å². The number of guanidine groups is 1. The molecule has 0 saturated carbocycles. The maximum Gasteiger partial charge on any atom is 0.194 e. The number of hydrogen-bond donors (Lipinski definition) is 1. The summed E-state index contributed by atoms with van der Waals surface area (Å²) in [5, 5.41) is 11.9. The number of nitrogens with zero attached hydrogens (tertiary/aromatic N) is 6. The summed E-state index contributed by atoms with van der Waals surface area (Å²) in [6, 6.07) is 8.08. The molecule has 1 aromatic carbocycles. The normalized spacial score (nSPS) is 15.2. The molecule has 0 unspecified atom stereocenters. The monoisotopic (exact) mass is 541 g/mol. The standard InChI is InChI=1S/C22H35N7O.HI/c1-17(2)16-28-10-12-29(13-11-28)22(24-15-21-26-25-18(3)27(21)4)23-14-19-6-8-20(30-5)9-7-19;/h6-9,17H,10-16H2,1-5H3,(H,23,24);1H. The van der Waals surface area contributed by atoms with E-state index in [4.69, 9.17) is 9.73 Å². The summed E-state index contributed by atoms with van der Waals surface area (Å²) in [5.74, 6) is 4.29. The lowest BCUT2D eigenvalue weighted by Crippen LogP contribution is -2.53. The SMILES string of the molecule is COc1ccc(CN=C(NCc2nnc(C)n2C)N2CCN(CC(C)C)CC2)cc1.I. The van der Waals surface area contributed by atoms with E-state index in [2.05, 4.69) is 51.3 Å². The fraction of sp³-hybridized carbons (Fsp3) is 0.591. The first-order valence-electron chi connectivity index (χ1n) is 10.7. The molecule has 0 radical (unpaired) electrons. The summed E-state index contributed by atoms with van der Waals surface area (Å²) in [6.45, 7) is 13.0. The molecule has 172 valence electrons. The number of methoxy groups -OCH3 is 1. The highest BCUT2D eigenvalue weighted by molar-refractivity contribution is 14.0. The zero-order chi connectivity index (χ0) is 21.5. The van der Waals surface area contributed by atoms with Gasteiger partial charge in [-0.05, 0) is 30.5 Å². The quantitative estimate of drug-likeness (QED) is 0.330. The molecule has 2 heterocycles. The summed E-state index contributed by atoms with van der Waals surface area (Å²) in [7, 11) is 3.67. The molecule has 1 aliphatic rings. The Morgan fingerprint density at radius 3 is 2.35 bits per heavy atom. The van der Waals surface area contributed by atoms with Crippen molar-refractivity contribution >= 4 is 29.9 Å². The molecule has 1 fully saturated rings.